The van der Waals surface area contributed by atoms with Gasteiger partial charge >= 0.3 is 0 Å². The zero-order chi connectivity index (χ0) is 23.9. The van der Waals surface area contributed by atoms with Gasteiger partial charge in [-0.25, -0.2) is 17.8 Å². The first-order valence-corrected chi connectivity index (χ1v) is 12.4. The number of fused-ring (bicyclic) bond motifs is 3. The number of aromatic nitrogens is 3. The normalized spacial score (nSPS) is 13.7. The Morgan fingerprint density at radius 1 is 1.18 bits per heavy atom. The quantitative estimate of drug-likeness (QED) is 0.458. The van der Waals surface area contributed by atoms with Crippen LogP contribution in [0.4, 0.5) is 15.9 Å². The van der Waals surface area contributed by atoms with Gasteiger partial charge in [-0.15, -0.1) is 0 Å². The molecule has 0 amide bonds. The van der Waals surface area contributed by atoms with Crippen LogP contribution in [0.25, 0.3) is 22.5 Å². The number of halogens is 1. The standard InChI is InChI=1S/C24H23FN6O2S/c1-15-10-20(25)21(30-34(32,33)14-16-6-4-3-5-7-16)12-18(15)19-11-17-13-28-24(26-2)29-22(17)31-9-8-27-23(19)31/h3-7,10-13,27,30H,8-9,14H2,1-2H3. The summed E-state index contributed by atoms with van der Waals surface area (Å²) < 4.78 is 44.8. The third kappa shape index (κ3) is 4.12. The molecule has 2 aromatic rings. The first kappa shape index (κ1) is 22.0. The predicted octanol–water partition coefficient (Wildman–Crippen LogP) is 3.40. The molecule has 0 saturated heterocycles. The predicted molar refractivity (Wildman–Crippen MR) is 129 cm³/mol. The summed E-state index contributed by atoms with van der Waals surface area (Å²) in [5.74, 6) is 0.707. The molecule has 5 rings (SSSR count). The van der Waals surface area contributed by atoms with Crippen LogP contribution in [0.15, 0.2) is 59.7 Å². The Kier molecular flexibility index (Phi) is 5.52. The minimum Gasteiger partial charge on any atom is -0.369 e. The van der Waals surface area contributed by atoms with E-state index in [4.69, 9.17) is 0 Å². The molecule has 2 N–H and O–H groups in total. The molecule has 8 nitrogen and oxygen atoms in total. The molecule has 174 valence electrons. The molecule has 0 radical (unpaired) electrons. The van der Waals surface area contributed by atoms with E-state index in [-0.39, 0.29) is 11.4 Å². The van der Waals surface area contributed by atoms with E-state index in [1.165, 1.54) is 6.07 Å². The van der Waals surface area contributed by atoms with Crippen molar-refractivity contribution in [1.82, 2.24) is 14.5 Å². The second kappa shape index (κ2) is 8.53. The second-order valence-corrected chi connectivity index (χ2v) is 9.87. The smallest absolute Gasteiger partial charge is 0.246 e. The number of nitrogens with zero attached hydrogens (tertiary/aromatic N) is 4. The Bertz CT molecular complexity index is 1530. The largest absolute Gasteiger partial charge is 0.369 e. The molecule has 3 heterocycles. The Hall–Kier alpha value is -3.79. The van der Waals surface area contributed by atoms with Gasteiger partial charge in [-0.05, 0) is 41.8 Å². The minimum atomic E-state index is -3.82. The van der Waals surface area contributed by atoms with Gasteiger partial charge in [0.25, 0.3) is 0 Å². The van der Waals surface area contributed by atoms with Crippen LogP contribution < -0.4 is 15.7 Å². The van der Waals surface area contributed by atoms with Crippen molar-refractivity contribution >= 4 is 21.5 Å². The highest BCUT2D eigenvalue weighted by molar-refractivity contribution is 7.91. The average molecular weight is 479 g/mol. The van der Waals surface area contributed by atoms with Gasteiger partial charge < -0.3 is 9.88 Å². The van der Waals surface area contributed by atoms with Crippen molar-refractivity contribution in [3.05, 3.63) is 77.3 Å². The molecule has 0 bridgehead atoms. The zero-order valence-electron chi connectivity index (χ0n) is 18.7. The fourth-order valence-corrected chi connectivity index (χ4v) is 5.41. The molecule has 2 aromatic carbocycles. The molecule has 0 saturated carbocycles. The lowest BCUT2D eigenvalue weighted by Gasteiger charge is -2.19. The number of pyridine rings is 1. The van der Waals surface area contributed by atoms with Crippen LogP contribution in [-0.2, 0) is 22.3 Å². The third-order valence-corrected chi connectivity index (χ3v) is 7.01. The van der Waals surface area contributed by atoms with Crippen LogP contribution in [0.3, 0.4) is 0 Å². The van der Waals surface area contributed by atoms with Crippen LogP contribution >= 0.6 is 0 Å². The number of aryl methyl sites for hydroxylation is 1. The number of benzene rings is 2. The Morgan fingerprint density at radius 3 is 2.74 bits per heavy atom. The van der Waals surface area contributed by atoms with Crippen molar-refractivity contribution in [2.45, 2.75) is 19.2 Å². The molecule has 0 fully saturated rings. The lowest BCUT2D eigenvalue weighted by atomic mass is 9.98. The number of hydrogen-bond donors (Lipinski definition) is 2. The van der Waals surface area contributed by atoms with Crippen LogP contribution in [0.5, 0.6) is 0 Å². The fourth-order valence-electron chi connectivity index (χ4n) is 4.21. The summed E-state index contributed by atoms with van der Waals surface area (Å²) in [6, 6.07) is 13.6. The van der Waals surface area contributed by atoms with E-state index in [0.29, 0.717) is 35.4 Å². The molecule has 0 atom stereocenters. The summed E-state index contributed by atoms with van der Waals surface area (Å²) in [5, 5.41) is 3.38. The molecular weight excluding hydrogens is 455 g/mol. The van der Waals surface area contributed by atoms with E-state index >= 15 is 0 Å². The maximum atomic E-state index is 14.8. The van der Waals surface area contributed by atoms with Crippen molar-refractivity contribution in [3.8, 4) is 22.5 Å². The minimum absolute atomic E-state index is 0.0928. The van der Waals surface area contributed by atoms with Gasteiger partial charge in [0, 0.05) is 37.5 Å². The number of rotatable bonds is 5. The maximum Gasteiger partial charge on any atom is 0.246 e. The van der Waals surface area contributed by atoms with Gasteiger partial charge in [-0.3, -0.25) is 9.71 Å². The molecule has 0 spiro atoms. The van der Waals surface area contributed by atoms with Crippen molar-refractivity contribution in [2.75, 3.05) is 23.6 Å². The Morgan fingerprint density at radius 2 is 1.97 bits per heavy atom. The molecule has 0 aromatic heterocycles. The molecule has 0 aliphatic carbocycles. The van der Waals surface area contributed by atoms with Gasteiger partial charge in [-0.1, -0.05) is 30.3 Å². The summed E-state index contributed by atoms with van der Waals surface area (Å²) in [6.45, 7) is 3.22. The van der Waals surface area contributed by atoms with Crippen molar-refractivity contribution in [1.29, 1.82) is 0 Å². The monoisotopic (exact) mass is 478 g/mol. The number of hydrogen-bond acceptors (Lipinski definition) is 6. The van der Waals surface area contributed by atoms with Gasteiger partial charge in [0.2, 0.25) is 15.6 Å². The van der Waals surface area contributed by atoms with Crippen LogP contribution in [0.1, 0.15) is 11.1 Å². The SMILES string of the molecule is CN=c1ncc2cc(-c3cc(NS(=O)(=O)Cc4ccccc4)c(F)cc3C)c3n(c-2n1)CCN3. The lowest BCUT2D eigenvalue weighted by molar-refractivity contribution is 0.597. The fraction of sp³-hybridized carbons (Fsp3) is 0.208. The van der Waals surface area contributed by atoms with Crippen molar-refractivity contribution in [3.63, 3.8) is 0 Å². The molecule has 10 heteroatoms. The summed E-state index contributed by atoms with van der Waals surface area (Å²) >= 11 is 0. The highest BCUT2D eigenvalue weighted by atomic mass is 32.2. The summed E-state index contributed by atoms with van der Waals surface area (Å²) in [4.78, 5) is 12.9. The first-order valence-electron chi connectivity index (χ1n) is 10.8. The highest BCUT2D eigenvalue weighted by Crippen LogP contribution is 2.39. The van der Waals surface area contributed by atoms with Gasteiger partial charge in [0.1, 0.15) is 17.5 Å². The van der Waals surface area contributed by atoms with E-state index in [1.54, 1.807) is 50.5 Å². The number of anilines is 2. The Balaban J connectivity index is 1.60. The topological polar surface area (TPSA) is 101 Å². The van der Waals surface area contributed by atoms with E-state index in [2.05, 4.69) is 25.0 Å². The molecule has 0 unspecified atom stereocenters. The van der Waals surface area contributed by atoms with Crippen LogP contribution in [0, 0.1) is 12.7 Å². The van der Waals surface area contributed by atoms with E-state index in [9.17, 15) is 12.8 Å². The van der Waals surface area contributed by atoms with Crippen LogP contribution in [-0.4, -0.2) is 36.5 Å². The number of nitrogens with one attached hydrogen (secondary N) is 2. The van der Waals surface area contributed by atoms with Crippen molar-refractivity contribution < 1.29 is 12.8 Å². The average Bonchev–Trinajstić information content (AvgIpc) is 3.31. The summed E-state index contributed by atoms with van der Waals surface area (Å²) in [6.07, 6.45) is 1.71. The lowest BCUT2D eigenvalue weighted by Crippen LogP contribution is -2.17. The zero-order valence-corrected chi connectivity index (χ0v) is 19.5. The summed E-state index contributed by atoms with van der Waals surface area (Å²) in [7, 11) is -2.18. The van der Waals surface area contributed by atoms with Gasteiger partial charge in [-0.2, -0.15) is 4.98 Å². The van der Waals surface area contributed by atoms with Gasteiger partial charge in [0.15, 0.2) is 0 Å². The van der Waals surface area contributed by atoms with E-state index in [0.717, 1.165) is 22.8 Å². The maximum absolute atomic E-state index is 14.8. The second-order valence-electron chi connectivity index (χ2n) is 8.15. The van der Waals surface area contributed by atoms with Gasteiger partial charge in [0.05, 0.1) is 11.4 Å². The highest BCUT2D eigenvalue weighted by Gasteiger charge is 2.24. The van der Waals surface area contributed by atoms with Crippen molar-refractivity contribution in [2.24, 2.45) is 4.99 Å². The Labute approximate surface area is 196 Å². The summed E-state index contributed by atoms with van der Waals surface area (Å²) in [5.41, 5.74) is 3.94. The third-order valence-electron chi connectivity index (χ3n) is 5.76. The van der Waals surface area contributed by atoms with E-state index < -0.39 is 15.8 Å². The number of sulfonamides is 1. The molecular formula is C24H23FN6O2S. The molecule has 3 aliphatic rings. The molecule has 34 heavy (non-hydrogen) atoms. The van der Waals surface area contributed by atoms with Crippen LogP contribution in [0.2, 0.25) is 0 Å². The van der Waals surface area contributed by atoms with E-state index in [1.807, 2.05) is 16.7 Å². The first-order chi connectivity index (χ1) is 16.3. The molecule has 3 aliphatic heterocycles.